The van der Waals surface area contributed by atoms with Crippen LogP contribution in [0.25, 0.3) is 0 Å². The minimum atomic E-state index is -0.891. The van der Waals surface area contributed by atoms with Crippen LogP contribution in [-0.4, -0.2) is 33.2 Å². The number of hydrogen-bond donors (Lipinski definition) is 1. The third-order valence-electron chi connectivity index (χ3n) is 4.94. The molecule has 0 bridgehead atoms. The van der Waals surface area contributed by atoms with Crippen LogP contribution in [0.1, 0.15) is 37.6 Å². The van der Waals surface area contributed by atoms with Crippen LogP contribution in [-0.2, 0) is 18.3 Å². The molecule has 0 fully saturated rings. The molecule has 132 valence electrons. The zero-order valence-electron chi connectivity index (χ0n) is 14.8. The summed E-state index contributed by atoms with van der Waals surface area (Å²) in [6.07, 6.45) is 2.49. The molecule has 0 atom stereocenters. The summed E-state index contributed by atoms with van der Waals surface area (Å²) < 4.78 is 0.963. The number of fused-ring (bicyclic) bond motifs is 1. The van der Waals surface area contributed by atoms with Crippen LogP contribution in [0.5, 0.6) is 0 Å². The molecule has 5 heteroatoms. The molecule has 0 unspecified atom stereocenters. The van der Waals surface area contributed by atoms with Crippen LogP contribution in [0.3, 0.4) is 0 Å². The van der Waals surface area contributed by atoms with Crippen molar-refractivity contribution in [1.29, 1.82) is 0 Å². The van der Waals surface area contributed by atoms with Crippen molar-refractivity contribution in [2.24, 2.45) is 0 Å². The normalized spacial score (nSPS) is 15.7. The lowest BCUT2D eigenvalue weighted by molar-refractivity contribution is 0.0822. The van der Waals surface area contributed by atoms with E-state index < -0.39 is 11.6 Å². The molecule has 3 rings (SSSR count). The van der Waals surface area contributed by atoms with Gasteiger partial charge in [0.05, 0.1) is 5.69 Å². The Balaban J connectivity index is 2.07. The van der Waals surface area contributed by atoms with Crippen molar-refractivity contribution in [2.45, 2.75) is 44.6 Å². The minimum Gasteiger partial charge on any atom is -0.465 e. The summed E-state index contributed by atoms with van der Waals surface area (Å²) >= 11 is 3.53. The van der Waals surface area contributed by atoms with Gasteiger partial charge in [-0.3, -0.25) is 4.98 Å². The Kier molecular flexibility index (Phi) is 4.62. The lowest BCUT2D eigenvalue weighted by Gasteiger charge is -2.40. The van der Waals surface area contributed by atoms with Crippen LogP contribution in [0.15, 0.2) is 47.1 Å². The van der Waals surface area contributed by atoms with E-state index in [1.54, 1.807) is 11.1 Å². The smallest absolute Gasteiger partial charge is 0.407 e. The molecule has 0 radical (unpaired) electrons. The number of pyridine rings is 1. The van der Waals surface area contributed by atoms with Gasteiger partial charge in [0.15, 0.2) is 0 Å². The number of carbonyl (C=O) groups is 1. The highest BCUT2D eigenvalue weighted by atomic mass is 79.9. The highest BCUT2D eigenvalue weighted by molar-refractivity contribution is 9.10. The Morgan fingerprint density at radius 2 is 1.84 bits per heavy atom. The van der Waals surface area contributed by atoms with E-state index in [9.17, 15) is 9.90 Å². The Labute approximate surface area is 157 Å². The number of carboxylic acid groups (broad SMARTS) is 1. The monoisotopic (exact) mass is 402 g/mol. The number of nitrogens with zero attached hydrogens (tertiary/aromatic N) is 2. The van der Waals surface area contributed by atoms with Gasteiger partial charge in [-0.05, 0) is 56.9 Å². The average Bonchev–Trinajstić information content (AvgIpc) is 2.91. The van der Waals surface area contributed by atoms with Crippen molar-refractivity contribution in [3.63, 3.8) is 0 Å². The summed E-state index contributed by atoms with van der Waals surface area (Å²) in [5.74, 6) is 0. The standard InChI is InChI=1S/C20H23BrN2O2/c1-19(2,3)23(18(24)25)13-20(17-10-16(21)8-9-22-17)11-14-6-4-5-7-15(14)12-20/h4-10H,11-13H2,1-3H3,(H,24,25). The van der Waals surface area contributed by atoms with Gasteiger partial charge in [-0.2, -0.15) is 0 Å². The zero-order chi connectivity index (χ0) is 18.2. The molecule has 0 spiro atoms. The van der Waals surface area contributed by atoms with Crippen LogP contribution in [0, 0.1) is 0 Å². The first-order chi connectivity index (χ1) is 11.7. The van der Waals surface area contributed by atoms with Crippen molar-refractivity contribution in [3.05, 3.63) is 63.9 Å². The molecule has 0 aliphatic heterocycles. The van der Waals surface area contributed by atoms with Gasteiger partial charge in [0.2, 0.25) is 0 Å². The van der Waals surface area contributed by atoms with Gasteiger partial charge >= 0.3 is 6.09 Å². The maximum Gasteiger partial charge on any atom is 0.407 e. The molecular weight excluding hydrogens is 380 g/mol. The SMILES string of the molecule is CC(C)(C)N(CC1(c2cc(Br)ccn2)Cc2ccccc2C1)C(=O)O. The first kappa shape index (κ1) is 17.9. The highest BCUT2D eigenvalue weighted by Gasteiger charge is 2.44. The summed E-state index contributed by atoms with van der Waals surface area (Å²) in [6, 6.07) is 12.3. The fourth-order valence-electron chi connectivity index (χ4n) is 3.66. The van der Waals surface area contributed by atoms with Crippen molar-refractivity contribution in [2.75, 3.05) is 6.54 Å². The van der Waals surface area contributed by atoms with E-state index in [1.165, 1.54) is 11.1 Å². The molecule has 1 heterocycles. The third-order valence-corrected chi connectivity index (χ3v) is 5.44. The van der Waals surface area contributed by atoms with Gasteiger partial charge in [-0.1, -0.05) is 40.2 Å². The topological polar surface area (TPSA) is 53.4 Å². The fourth-order valence-corrected chi connectivity index (χ4v) is 3.99. The highest BCUT2D eigenvalue weighted by Crippen LogP contribution is 2.41. The summed E-state index contributed by atoms with van der Waals surface area (Å²) in [4.78, 5) is 18.1. The zero-order valence-corrected chi connectivity index (χ0v) is 16.4. The Bertz CT molecular complexity index is 773. The molecule has 25 heavy (non-hydrogen) atoms. The van der Waals surface area contributed by atoms with Crippen molar-refractivity contribution in [1.82, 2.24) is 9.88 Å². The largest absolute Gasteiger partial charge is 0.465 e. The molecule has 2 aromatic rings. The summed E-state index contributed by atoms with van der Waals surface area (Å²) in [5.41, 5.74) is 2.68. The van der Waals surface area contributed by atoms with Crippen LogP contribution in [0.4, 0.5) is 4.79 Å². The molecule has 1 aromatic carbocycles. The number of amides is 1. The number of aromatic nitrogens is 1. The van der Waals surface area contributed by atoms with E-state index in [-0.39, 0.29) is 5.41 Å². The number of benzene rings is 1. The Hall–Kier alpha value is -1.88. The van der Waals surface area contributed by atoms with Crippen molar-refractivity contribution < 1.29 is 9.90 Å². The predicted octanol–water partition coefficient (Wildman–Crippen LogP) is 4.66. The summed E-state index contributed by atoms with van der Waals surface area (Å²) in [6.45, 7) is 6.23. The average molecular weight is 403 g/mol. The van der Waals surface area contributed by atoms with E-state index in [4.69, 9.17) is 0 Å². The summed E-state index contributed by atoms with van der Waals surface area (Å²) in [7, 11) is 0. The maximum absolute atomic E-state index is 11.9. The first-order valence-corrected chi connectivity index (χ1v) is 9.20. The second-order valence-corrected chi connectivity index (χ2v) is 8.72. The Morgan fingerprint density at radius 3 is 2.32 bits per heavy atom. The van der Waals surface area contributed by atoms with Crippen molar-refractivity contribution in [3.8, 4) is 0 Å². The Morgan fingerprint density at radius 1 is 1.24 bits per heavy atom. The molecule has 0 saturated heterocycles. The predicted molar refractivity (Wildman–Crippen MR) is 102 cm³/mol. The lowest BCUT2D eigenvalue weighted by Crippen LogP contribution is -2.52. The molecule has 1 amide bonds. The number of rotatable bonds is 3. The van der Waals surface area contributed by atoms with Crippen molar-refractivity contribution >= 4 is 22.0 Å². The maximum atomic E-state index is 11.9. The quantitative estimate of drug-likeness (QED) is 0.811. The first-order valence-electron chi connectivity index (χ1n) is 8.41. The molecule has 1 aliphatic carbocycles. The van der Waals surface area contributed by atoms with Gasteiger partial charge < -0.3 is 10.0 Å². The minimum absolute atomic E-state index is 0.348. The van der Waals surface area contributed by atoms with Gasteiger partial charge in [-0.15, -0.1) is 0 Å². The van der Waals surface area contributed by atoms with Gasteiger partial charge in [0.25, 0.3) is 0 Å². The van der Waals surface area contributed by atoms with Crippen LogP contribution >= 0.6 is 15.9 Å². The molecular formula is C20H23BrN2O2. The molecule has 4 nitrogen and oxygen atoms in total. The molecule has 1 N–H and O–H groups in total. The van der Waals surface area contributed by atoms with Gasteiger partial charge in [-0.25, -0.2) is 4.79 Å². The van der Waals surface area contributed by atoms with E-state index >= 15 is 0 Å². The van der Waals surface area contributed by atoms with Gasteiger partial charge in [0.1, 0.15) is 0 Å². The number of halogens is 1. The van der Waals surface area contributed by atoms with E-state index in [0.717, 1.165) is 23.0 Å². The molecule has 1 aliphatic rings. The summed E-state index contributed by atoms with van der Waals surface area (Å²) in [5, 5.41) is 9.80. The third kappa shape index (κ3) is 3.56. The number of hydrogen-bond acceptors (Lipinski definition) is 2. The van der Waals surface area contributed by atoms with Crippen LogP contribution in [0.2, 0.25) is 0 Å². The lowest BCUT2D eigenvalue weighted by atomic mass is 9.79. The van der Waals surface area contributed by atoms with Gasteiger partial charge in [0, 0.05) is 28.2 Å². The molecule has 1 aromatic heterocycles. The van der Waals surface area contributed by atoms with Crippen LogP contribution < -0.4 is 0 Å². The van der Waals surface area contributed by atoms with E-state index in [0.29, 0.717) is 6.54 Å². The van der Waals surface area contributed by atoms with E-state index in [1.807, 2.05) is 45.0 Å². The van der Waals surface area contributed by atoms with E-state index in [2.05, 4.69) is 33.0 Å². The second kappa shape index (κ2) is 6.45. The second-order valence-electron chi connectivity index (χ2n) is 7.80. The molecule has 0 saturated carbocycles. The fraction of sp³-hybridized carbons (Fsp3) is 0.400.